The van der Waals surface area contributed by atoms with Crippen LogP contribution in [0.3, 0.4) is 0 Å². The van der Waals surface area contributed by atoms with Gasteiger partial charge in [-0.05, 0) is 43.7 Å². The topological polar surface area (TPSA) is 69.7 Å². The second-order valence-electron chi connectivity index (χ2n) is 6.78. The third-order valence-electron chi connectivity index (χ3n) is 4.49. The molecule has 4 rings (SSSR count). The first kappa shape index (κ1) is 19.3. The van der Waals surface area contributed by atoms with Crippen LogP contribution in [-0.4, -0.2) is 24.1 Å². The maximum absolute atomic E-state index is 12.6. The van der Waals surface area contributed by atoms with Crippen molar-refractivity contribution < 1.29 is 19.0 Å². The Balaban J connectivity index is 1.35. The number of thiazole rings is 1. The highest BCUT2D eigenvalue weighted by atomic mass is 32.1. The molecule has 2 aromatic carbocycles. The Kier molecular flexibility index (Phi) is 5.67. The summed E-state index contributed by atoms with van der Waals surface area (Å²) in [5.74, 6) is 2.10. The summed E-state index contributed by atoms with van der Waals surface area (Å²) in [4.78, 5) is 17.7. The average molecular weight is 410 g/mol. The van der Waals surface area contributed by atoms with Crippen LogP contribution in [0.1, 0.15) is 31.5 Å². The van der Waals surface area contributed by atoms with Crippen LogP contribution in [0.4, 0.5) is 0 Å². The summed E-state index contributed by atoms with van der Waals surface area (Å²) in [5, 5.41) is 3.72. The van der Waals surface area contributed by atoms with E-state index in [1.54, 1.807) is 0 Å². The van der Waals surface area contributed by atoms with Gasteiger partial charge in [0.2, 0.25) is 0 Å². The van der Waals surface area contributed by atoms with E-state index < -0.39 is 0 Å². The minimum Gasteiger partial charge on any atom is -0.486 e. The molecule has 0 fully saturated rings. The van der Waals surface area contributed by atoms with Gasteiger partial charge >= 0.3 is 0 Å². The second-order valence-corrected chi connectivity index (χ2v) is 7.87. The van der Waals surface area contributed by atoms with E-state index in [2.05, 4.69) is 10.3 Å². The number of carbonyl (C=O) groups excluding carboxylic acids is 1. The van der Waals surface area contributed by atoms with E-state index in [1.807, 2.05) is 56.3 Å². The molecule has 150 valence electrons. The van der Waals surface area contributed by atoms with Crippen molar-refractivity contribution in [1.82, 2.24) is 10.3 Å². The number of amides is 1. The van der Waals surface area contributed by atoms with E-state index in [0.29, 0.717) is 42.7 Å². The number of ether oxygens (including phenoxy) is 3. The summed E-state index contributed by atoms with van der Waals surface area (Å²) in [5.41, 5.74) is 2.84. The average Bonchev–Trinajstić information content (AvgIpc) is 3.12. The number of aryl methyl sites for hydroxylation is 2. The smallest absolute Gasteiger partial charge is 0.263 e. The Morgan fingerprint density at radius 1 is 1.10 bits per heavy atom. The zero-order chi connectivity index (χ0) is 20.2. The molecular formula is C22H22N2O4S. The quantitative estimate of drug-likeness (QED) is 0.664. The number of fused-ring (bicyclic) bond motifs is 1. The van der Waals surface area contributed by atoms with E-state index in [4.69, 9.17) is 14.2 Å². The van der Waals surface area contributed by atoms with Gasteiger partial charge in [-0.3, -0.25) is 4.79 Å². The lowest BCUT2D eigenvalue weighted by atomic mass is 10.2. The van der Waals surface area contributed by atoms with Crippen molar-refractivity contribution in [3.63, 3.8) is 0 Å². The van der Waals surface area contributed by atoms with Crippen LogP contribution >= 0.6 is 11.3 Å². The highest BCUT2D eigenvalue weighted by Crippen LogP contribution is 2.30. The molecule has 1 amide bonds. The molecule has 29 heavy (non-hydrogen) atoms. The summed E-state index contributed by atoms with van der Waals surface area (Å²) >= 11 is 1.36. The first-order valence-electron chi connectivity index (χ1n) is 9.41. The summed E-state index contributed by atoms with van der Waals surface area (Å²) in [7, 11) is 0. The van der Waals surface area contributed by atoms with Crippen LogP contribution in [0.15, 0.2) is 42.5 Å². The number of nitrogens with one attached hydrogen (secondary N) is 1. The minimum absolute atomic E-state index is 0.142. The maximum Gasteiger partial charge on any atom is 0.263 e. The molecule has 1 aliphatic rings. The van der Waals surface area contributed by atoms with Gasteiger partial charge in [0.1, 0.15) is 35.5 Å². The van der Waals surface area contributed by atoms with Crippen LogP contribution < -0.4 is 19.5 Å². The van der Waals surface area contributed by atoms with Gasteiger partial charge in [0.25, 0.3) is 5.91 Å². The Morgan fingerprint density at radius 2 is 1.86 bits per heavy atom. The standard InChI is InChI=1S/C22H22N2O4S/c1-14-3-6-17(7-4-14)28-13-20-24-15(2)21(29-20)22(25)23-12-16-5-8-18-19(11-16)27-10-9-26-18/h3-8,11H,9-10,12-13H2,1-2H3,(H,23,25). The van der Waals surface area contributed by atoms with Crippen LogP contribution in [0, 0.1) is 13.8 Å². The number of benzene rings is 2. The normalized spacial score (nSPS) is 12.5. The van der Waals surface area contributed by atoms with Crippen molar-refractivity contribution in [2.24, 2.45) is 0 Å². The molecule has 0 atom stereocenters. The van der Waals surface area contributed by atoms with Crippen LogP contribution in [0.5, 0.6) is 17.2 Å². The summed E-state index contributed by atoms with van der Waals surface area (Å²) in [6.07, 6.45) is 0. The number of rotatable bonds is 6. The Labute approximate surface area is 173 Å². The summed E-state index contributed by atoms with van der Waals surface area (Å²) < 4.78 is 16.9. The maximum atomic E-state index is 12.6. The van der Waals surface area contributed by atoms with Crippen molar-refractivity contribution in [1.29, 1.82) is 0 Å². The van der Waals surface area contributed by atoms with Gasteiger partial charge in [-0.15, -0.1) is 11.3 Å². The van der Waals surface area contributed by atoms with Crippen molar-refractivity contribution in [3.05, 3.63) is 69.2 Å². The molecule has 2 heterocycles. The van der Waals surface area contributed by atoms with E-state index >= 15 is 0 Å². The fraction of sp³-hybridized carbons (Fsp3) is 0.273. The summed E-state index contributed by atoms with van der Waals surface area (Å²) in [6.45, 7) is 5.71. The first-order valence-corrected chi connectivity index (χ1v) is 10.2. The van der Waals surface area contributed by atoms with Gasteiger partial charge in [0, 0.05) is 6.54 Å². The molecule has 1 aromatic heterocycles. The molecule has 1 N–H and O–H groups in total. The molecule has 0 bridgehead atoms. The molecule has 6 nitrogen and oxygen atoms in total. The van der Waals surface area contributed by atoms with Gasteiger partial charge in [-0.1, -0.05) is 23.8 Å². The SMILES string of the molecule is Cc1ccc(OCc2nc(C)c(C(=O)NCc3ccc4c(c3)OCCO4)s2)cc1. The van der Waals surface area contributed by atoms with E-state index in [0.717, 1.165) is 22.1 Å². The first-order chi connectivity index (χ1) is 14.1. The molecule has 0 spiro atoms. The molecule has 0 saturated heterocycles. The van der Waals surface area contributed by atoms with Gasteiger partial charge in [0.15, 0.2) is 11.5 Å². The molecule has 0 aliphatic carbocycles. The Morgan fingerprint density at radius 3 is 2.66 bits per heavy atom. The number of hydrogen-bond acceptors (Lipinski definition) is 6. The van der Waals surface area contributed by atoms with Crippen LogP contribution in [0.25, 0.3) is 0 Å². The fourth-order valence-corrected chi connectivity index (χ4v) is 3.86. The number of aromatic nitrogens is 1. The van der Waals surface area contributed by atoms with Crippen molar-refractivity contribution in [3.8, 4) is 17.2 Å². The van der Waals surface area contributed by atoms with E-state index in [-0.39, 0.29) is 5.91 Å². The van der Waals surface area contributed by atoms with Crippen LogP contribution in [0.2, 0.25) is 0 Å². The van der Waals surface area contributed by atoms with Crippen molar-refractivity contribution in [2.75, 3.05) is 13.2 Å². The highest BCUT2D eigenvalue weighted by molar-refractivity contribution is 7.13. The Bertz CT molecular complexity index is 1010. The van der Waals surface area contributed by atoms with Crippen molar-refractivity contribution >= 4 is 17.2 Å². The third-order valence-corrected chi connectivity index (χ3v) is 5.62. The zero-order valence-corrected chi connectivity index (χ0v) is 17.2. The zero-order valence-electron chi connectivity index (χ0n) is 16.4. The lowest BCUT2D eigenvalue weighted by Crippen LogP contribution is -2.23. The molecule has 3 aromatic rings. The Hall–Kier alpha value is -3.06. The van der Waals surface area contributed by atoms with Gasteiger partial charge in [-0.2, -0.15) is 0 Å². The molecule has 0 saturated carbocycles. The van der Waals surface area contributed by atoms with Crippen LogP contribution in [-0.2, 0) is 13.2 Å². The predicted octanol–water partition coefficient (Wildman–Crippen LogP) is 4.04. The van der Waals surface area contributed by atoms with Crippen molar-refractivity contribution in [2.45, 2.75) is 27.0 Å². The fourth-order valence-electron chi connectivity index (χ4n) is 2.96. The number of hydrogen-bond donors (Lipinski definition) is 1. The predicted molar refractivity (Wildman–Crippen MR) is 111 cm³/mol. The molecule has 1 aliphatic heterocycles. The lowest BCUT2D eigenvalue weighted by molar-refractivity contribution is 0.0954. The molecule has 0 unspecified atom stereocenters. The number of carbonyl (C=O) groups is 1. The molecule has 7 heteroatoms. The second kappa shape index (κ2) is 8.53. The third kappa shape index (κ3) is 4.68. The number of nitrogens with zero attached hydrogens (tertiary/aromatic N) is 1. The van der Waals surface area contributed by atoms with E-state index in [9.17, 15) is 4.79 Å². The van der Waals surface area contributed by atoms with Gasteiger partial charge in [-0.25, -0.2) is 4.98 Å². The monoisotopic (exact) mass is 410 g/mol. The lowest BCUT2D eigenvalue weighted by Gasteiger charge is -2.18. The van der Waals surface area contributed by atoms with Gasteiger partial charge in [0.05, 0.1) is 5.69 Å². The minimum atomic E-state index is -0.142. The highest BCUT2D eigenvalue weighted by Gasteiger charge is 2.16. The van der Waals surface area contributed by atoms with Gasteiger partial charge < -0.3 is 19.5 Å². The summed E-state index contributed by atoms with van der Waals surface area (Å²) in [6, 6.07) is 13.5. The molecular weight excluding hydrogens is 388 g/mol. The van der Waals surface area contributed by atoms with E-state index in [1.165, 1.54) is 16.9 Å². The molecule has 0 radical (unpaired) electrons. The largest absolute Gasteiger partial charge is 0.486 e.